The molecule has 0 aliphatic carbocycles. The second-order valence-corrected chi connectivity index (χ2v) is 7.80. The van der Waals surface area contributed by atoms with Crippen LogP contribution >= 0.6 is 15.9 Å². The van der Waals surface area contributed by atoms with Crippen molar-refractivity contribution in [2.24, 2.45) is 0 Å². The molecule has 3 aromatic carbocycles. The highest BCUT2D eigenvalue weighted by Gasteiger charge is 2.18. The largest absolute Gasteiger partial charge is 0.478 e. The summed E-state index contributed by atoms with van der Waals surface area (Å²) in [6, 6.07) is 17.7. The smallest absolute Gasteiger partial charge is 0.335 e. The van der Waals surface area contributed by atoms with Crippen molar-refractivity contribution in [2.75, 3.05) is 12.1 Å². The maximum absolute atomic E-state index is 13.1. The van der Waals surface area contributed by atoms with E-state index in [1.54, 1.807) is 48.5 Å². The number of hydrogen-bond acceptors (Lipinski definition) is 5. The Labute approximate surface area is 197 Å². The number of carbonyl (C=O) groups excluding carboxylic acids is 2. The number of benzene rings is 3. The Balaban J connectivity index is 1.65. The SMILES string of the molecule is O=C(Nc1cccc(C(=O)O)c1)/C(=C\c1ccc2c(c1)OCO2)NC(=O)c1ccccc1Br. The number of nitrogens with one attached hydrogen (secondary N) is 2. The molecule has 33 heavy (non-hydrogen) atoms. The lowest BCUT2D eigenvalue weighted by molar-refractivity contribution is -0.113. The molecule has 0 fully saturated rings. The number of anilines is 1. The summed E-state index contributed by atoms with van der Waals surface area (Å²) in [5.74, 6) is -1.14. The number of hydrogen-bond donors (Lipinski definition) is 3. The summed E-state index contributed by atoms with van der Waals surface area (Å²) in [5, 5.41) is 14.5. The number of carbonyl (C=O) groups is 3. The summed E-state index contributed by atoms with van der Waals surface area (Å²) in [5.41, 5.74) is 1.18. The fourth-order valence-electron chi connectivity index (χ4n) is 3.09. The Morgan fingerprint density at radius 3 is 2.52 bits per heavy atom. The first-order valence-electron chi connectivity index (χ1n) is 9.72. The van der Waals surface area contributed by atoms with E-state index in [1.807, 2.05) is 0 Å². The van der Waals surface area contributed by atoms with Crippen LogP contribution in [0.15, 0.2) is 76.9 Å². The van der Waals surface area contributed by atoms with Gasteiger partial charge in [-0.3, -0.25) is 9.59 Å². The Bertz CT molecular complexity index is 1290. The number of amides is 2. The number of carboxylic acid groups (broad SMARTS) is 1. The number of halogens is 1. The minimum atomic E-state index is -1.12. The molecule has 0 radical (unpaired) electrons. The van der Waals surface area contributed by atoms with E-state index in [-0.39, 0.29) is 23.7 Å². The van der Waals surface area contributed by atoms with Gasteiger partial charge >= 0.3 is 5.97 Å². The Kier molecular flexibility index (Phi) is 6.41. The van der Waals surface area contributed by atoms with Crippen LogP contribution in [-0.2, 0) is 4.79 Å². The lowest BCUT2D eigenvalue weighted by atomic mass is 10.1. The highest BCUT2D eigenvalue weighted by atomic mass is 79.9. The van der Waals surface area contributed by atoms with Crippen LogP contribution in [0.3, 0.4) is 0 Å². The van der Waals surface area contributed by atoms with E-state index in [1.165, 1.54) is 24.3 Å². The monoisotopic (exact) mass is 508 g/mol. The topological polar surface area (TPSA) is 114 Å². The summed E-state index contributed by atoms with van der Waals surface area (Å²) in [4.78, 5) is 37.2. The second-order valence-electron chi connectivity index (χ2n) is 6.94. The molecule has 4 rings (SSSR count). The molecule has 0 saturated carbocycles. The molecule has 3 N–H and O–H groups in total. The number of carboxylic acids is 1. The van der Waals surface area contributed by atoms with E-state index in [0.29, 0.717) is 27.1 Å². The van der Waals surface area contributed by atoms with Gasteiger partial charge in [0.2, 0.25) is 6.79 Å². The molecule has 0 saturated heterocycles. The minimum absolute atomic E-state index is 0.0198. The zero-order chi connectivity index (χ0) is 23.4. The van der Waals surface area contributed by atoms with Gasteiger partial charge in [0.1, 0.15) is 5.70 Å². The fourth-order valence-corrected chi connectivity index (χ4v) is 3.56. The van der Waals surface area contributed by atoms with Gasteiger partial charge < -0.3 is 25.2 Å². The lowest BCUT2D eigenvalue weighted by Gasteiger charge is -2.12. The van der Waals surface area contributed by atoms with E-state index in [0.717, 1.165) is 0 Å². The van der Waals surface area contributed by atoms with Gasteiger partial charge in [0.15, 0.2) is 11.5 Å². The van der Waals surface area contributed by atoms with Crippen molar-refractivity contribution in [3.63, 3.8) is 0 Å². The zero-order valence-corrected chi connectivity index (χ0v) is 18.6. The first-order valence-corrected chi connectivity index (χ1v) is 10.5. The number of rotatable bonds is 6. The molecule has 9 heteroatoms. The molecule has 0 aromatic heterocycles. The van der Waals surface area contributed by atoms with Crippen LogP contribution in [-0.4, -0.2) is 29.7 Å². The summed E-state index contributed by atoms with van der Waals surface area (Å²) in [6.07, 6.45) is 1.49. The van der Waals surface area contributed by atoms with Crippen molar-refractivity contribution in [3.05, 3.63) is 93.6 Å². The molecule has 0 unspecified atom stereocenters. The molecular weight excluding hydrogens is 492 g/mol. The van der Waals surface area contributed by atoms with Gasteiger partial charge in [0, 0.05) is 10.2 Å². The standard InChI is InChI=1S/C24H17BrN2O6/c25-18-7-2-1-6-17(18)22(28)27-19(10-14-8-9-20-21(11-14)33-13-32-20)23(29)26-16-5-3-4-15(12-16)24(30)31/h1-12H,13H2,(H,26,29)(H,27,28)(H,30,31)/b19-10+. The molecule has 166 valence electrons. The third-order valence-electron chi connectivity index (χ3n) is 4.69. The van der Waals surface area contributed by atoms with Crippen LogP contribution in [0.2, 0.25) is 0 Å². The molecule has 2 amide bonds. The van der Waals surface area contributed by atoms with Gasteiger partial charge in [-0.05, 0) is 70.0 Å². The number of fused-ring (bicyclic) bond motifs is 1. The van der Waals surface area contributed by atoms with Crippen LogP contribution in [0, 0.1) is 0 Å². The first kappa shape index (κ1) is 22.1. The minimum Gasteiger partial charge on any atom is -0.478 e. The van der Waals surface area contributed by atoms with Crippen molar-refractivity contribution in [3.8, 4) is 11.5 Å². The van der Waals surface area contributed by atoms with Gasteiger partial charge in [0.25, 0.3) is 11.8 Å². The summed E-state index contributed by atoms with van der Waals surface area (Å²) >= 11 is 3.33. The van der Waals surface area contributed by atoms with E-state index >= 15 is 0 Å². The normalized spacial score (nSPS) is 12.2. The second kappa shape index (κ2) is 9.58. The molecule has 8 nitrogen and oxygen atoms in total. The Hall–Kier alpha value is -4.11. The molecule has 0 bridgehead atoms. The van der Waals surface area contributed by atoms with Gasteiger partial charge in [-0.1, -0.05) is 24.3 Å². The number of ether oxygens (including phenoxy) is 2. The van der Waals surface area contributed by atoms with Crippen LogP contribution in [0.25, 0.3) is 6.08 Å². The van der Waals surface area contributed by atoms with Gasteiger partial charge in [-0.2, -0.15) is 0 Å². The molecule has 1 heterocycles. The molecule has 3 aromatic rings. The van der Waals surface area contributed by atoms with Crippen molar-refractivity contribution in [1.29, 1.82) is 0 Å². The maximum Gasteiger partial charge on any atom is 0.335 e. The average molecular weight is 509 g/mol. The molecule has 0 atom stereocenters. The fraction of sp³-hybridized carbons (Fsp3) is 0.0417. The van der Waals surface area contributed by atoms with Crippen molar-refractivity contribution in [1.82, 2.24) is 5.32 Å². The lowest BCUT2D eigenvalue weighted by Crippen LogP contribution is -2.31. The van der Waals surface area contributed by atoms with Gasteiger partial charge in [-0.25, -0.2) is 4.79 Å². The highest BCUT2D eigenvalue weighted by molar-refractivity contribution is 9.10. The van der Waals surface area contributed by atoms with Crippen LogP contribution in [0.1, 0.15) is 26.3 Å². The molecule has 0 spiro atoms. The average Bonchev–Trinajstić information content (AvgIpc) is 3.27. The Morgan fingerprint density at radius 2 is 1.73 bits per heavy atom. The molecular formula is C24H17BrN2O6. The van der Waals surface area contributed by atoms with Crippen LogP contribution < -0.4 is 20.1 Å². The van der Waals surface area contributed by atoms with Gasteiger partial charge in [-0.15, -0.1) is 0 Å². The third kappa shape index (κ3) is 5.21. The van der Waals surface area contributed by atoms with E-state index in [4.69, 9.17) is 9.47 Å². The summed E-state index contributed by atoms with van der Waals surface area (Å²) in [6.45, 7) is 0.106. The van der Waals surface area contributed by atoms with E-state index in [2.05, 4.69) is 26.6 Å². The molecule has 1 aliphatic heterocycles. The quantitative estimate of drug-likeness (QED) is 0.428. The zero-order valence-electron chi connectivity index (χ0n) is 17.0. The maximum atomic E-state index is 13.1. The predicted molar refractivity (Wildman–Crippen MR) is 124 cm³/mol. The van der Waals surface area contributed by atoms with Crippen molar-refractivity contribution >= 4 is 45.5 Å². The van der Waals surface area contributed by atoms with Crippen LogP contribution in [0.4, 0.5) is 5.69 Å². The van der Waals surface area contributed by atoms with E-state index in [9.17, 15) is 19.5 Å². The third-order valence-corrected chi connectivity index (χ3v) is 5.38. The number of aromatic carboxylic acids is 1. The first-order chi connectivity index (χ1) is 15.9. The van der Waals surface area contributed by atoms with Crippen molar-refractivity contribution in [2.45, 2.75) is 0 Å². The van der Waals surface area contributed by atoms with Crippen LogP contribution in [0.5, 0.6) is 11.5 Å². The Morgan fingerprint density at radius 1 is 0.939 bits per heavy atom. The summed E-state index contributed by atoms with van der Waals surface area (Å²) < 4.78 is 11.3. The van der Waals surface area contributed by atoms with Gasteiger partial charge in [0.05, 0.1) is 11.1 Å². The van der Waals surface area contributed by atoms with Crippen molar-refractivity contribution < 1.29 is 29.0 Å². The van der Waals surface area contributed by atoms with E-state index < -0.39 is 17.8 Å². The molecule has 1 aliphatic rings. The highest BCUT2D eigenvalue weighted by Crippen LogP contribution is 2.33. The predicted octanol–water partition coefficient (Wildman–Crippen LogP) is 4.29. The summed E-state index contributed by atoms with van der Waals surface area (Å²) in [7, 11) is 0.